The number of nitrogens with zero attached hydrogens (tertiary/aromatic N) is 3. The number of nitrogens with one attached hydrogen (secondary N) is 1. The Morgan fingerprint density at radius 2 is 1.83 bits per heavy atom. The van der Waals surface area contributed by atoms with Gasteiger partial charge in [-0.1, -0.05) is 13.3 Å². The molecule has 0 atom stereocenters. The van der Waals surface area contributed by atoms with Gasteiger partial charge in [-0.25, -0.2) is 4.98 Å². The van der Waals surface area contributed by atoms with Gasteiger partial charge in [0, 0.05) is 29.3 Å². The third kappa shape index (κ3) is 5.77. The zero-order chi connectivity index (χ0) is 22.7. The number of fused-ring (bicyclic) bond motifs is 1. The second-order valence-electron chi connectivity index (χ2n) is 6.03. The molecule has 1 N–H and O–H groups in total. The number of aromatic amines is 1. The van der Waals surface area contributed by atoms with Gasteiger partial charge < -0.3 is 23.2 Å². The van der Waals surface area contributed by atoms with Crippen molar-refractivity contribution in [3.8, 4) is 5.69 Å². The third-order valence-electron chi connectivity index (χ3n) is 3.92. The van der Waals surface area contributed by atoms with E-state index in [1.807, 2.05) is 6.92 Å². The van der Waals surface area contributed by atoms with E-state index < -0.39 is 33.3 Å². The van der Waals surface area contributed by atoms with Crippen molar-refractivity contribution in [3.05, 3.63) is 57.1 Å². The van der Waals surface area contributed by atoms with Crippen molar-refractivity contribution in [1.82, 2.24) is 19.1 Å². The molecule has 164 valence electrons. The van der Waals surface area contributed by atoms with E-state index in [4.69, 9.17) is 17.5 Å². The molecule has 1 aromatic carbocycles. The van der Waals surface area contributed by atoms with Gasteiger partial charge in [0.1, 0.15) is 0 Å². The van der Waals surface area contributed by atoms with Gasteiger partial charge in [-0.05, 0) is 18.6 Å². The second-order valence-corrected chi connectivity index (χ2v) is 6.84. The number of H-pyrrole nitrogens is 1. The molecule has 0 radical (unpaired) electrons. The maximum Gasteiger partial charge on any atom is 0.418 e. The van der Waals surface area contributed by atoms with Crippen molar-refractivity contribution in [2.45, 2.75) is 32.5 Å². The highest BCUT2D eigenvalue weighted by atomic mass is 32.3. The first-order chi connectivity index (χ1) is 13.8. The molecule has 2 heterocycles. The van der Waals surface area contributed by atoms with E-state index >= 15 is 0 Å². The number of halogens is 3. The maximum absolute atomic E-state index is 13.5. The van der Waals surface area contributed by atoms with Crippen molar-refractivity contribution in [2.24, 2.45) is 0 Å². The lowest BCUT2D eigenvalue weighted by atomic mass is 10.1. The average Bonchev–Trinajstić information content (AvgIpc) is 3.13. The summed E-state index contributed by atoms with van der Waals surface area (Å²) in [7, 11) is -5.17. The summed E-state index contributed by atoms with van der Waals surface area (Å²) in [6, 6.07) is 2.11. The highest BCUT2D eigenvalue weighted by Crippen LogP contribution is 2.35. The molecular weight excluding hydrogens is 433 g/mol. The molecule has 0 aliphatic carbocycles. The van der Waals surface area contributed by atoms with Gasteiger partial charge in [-0.3, -0.25) is 18.0 Å². The number of unbranched alkanes of at least 4 members (excludes halogenated alkanes) is 1. The van der Waals surface area contributed by atoms with Crippen LogP contribution in [0.1, 0.15) is 25.3 Å². The van der Waals surface area contributed by atoms with Crippen LogP contribution in [0.3, 0.4) is 0 Å². The van der Waals surface area contributed by atoms with E-state index in [0.717, 1.165) is 12.5 Å². The quantitative estimate of drug-likeness (QED) is 0.359. The van der Waals surface area contributed by atoms with E-state index in [1.54, 1.807) is 0 Å². The number of rotatable bonds is 4. The number of hydrogen-bond donors (Lipinski definition) is 1. The highest BCUT2D eigenvalue weighted by Gasteiger charge is 2.35. The van der Waals surface area contributed by atoms with Crippen molar-refractivity contribution in [1.29, 1.82) is 0 Å². The van der Waals surface area contributed by atoms with Crippen LogP contribution >= 0.6 is 0 Å². The lowest BCUT2D eigenvalue weighted by Gasteiger charge is -2.17. The predicted octanol–water partition coefficient (Wildman–Crippen LogP) is 1.36. The Morgan fingerprint density at radius 1 is 1.20 bits per heavy atom. The Labute approximate surface area is 167 Å². The minimum atomic E-state index is -5.17. The van der Waals surface area contributed by atoms with Crippen molar-refractivity contribution >= 4 is 21.4 Å². The zero-order valence-corrected chi connectivity index (χ0v) is 16.2. The van der Waals surface area contributed by atoms with Crippen LogP contribution < -0.4 is 11.1 Å². The van der Waals surface area contributed by atoms with Gasteiger partial charge >= 0.3 is 17.3 Å². The van der Waals surface area contributed by atoms with Crippen LogP contribution in [-0.4, -0.2) is 36.6 Å². The molecule has 0 fully saturated rings. The molecule has 3 aromatic rings. The largest absolute Gasteiger partial charge is 0.759 e. The van der Waals surface area contributed by atoms with Crippen LogP contribution in [0, 0.1) is 0 Å². The topological polar surface area (TPSA) is 153 Å². The van der Waals surface area contributed by atoms with Gasteiger partial charge in [0.05, 0.1) is 28.6 Å². The molecular formula is C16H15F3N4O6S-2. The fourth-order valence-corrected chi connectivity index (χ4v) is 2.69. The van der Waals surface area contributed by atoms with Crippen molar-refractivity contribution in [3.63, 3.8) is 0 Å². The maximum atomic E-state index is 13.5. The standard InChI is InChI=1S/C16H15F3N4O2.H2O4S/c1-2-3-5-23-13-8-12(22-6-4-20-9-22)10(16(17,18)19)7-11(13)21-14(24)15(23)25;1-5(2,3)4/h4,6-9H,2-3,5H2,1H3,(H,21,24);(H2,1,2,3,4)/p-2. The van der Waals surface area contributed by atoms with Crippen LogP contribution in [-0.2, 0) is 23.1 Å². The zero-order valence-electron chi connectivity index (χ0n) is 15.3. The molecule has 30 heavy (non-hydrogen) atoms. The number of benzene rings is 1. The SMILES string of the molecule is CCCCn1c(=O)c(=O)[nH]c2cc(C(F)(F)F)c(-n3ccnc3)cc21.O=S(=O)([O-])[O-]. The summed E-state index contributed by atoms with van der Waals surface area (Å²) in [5.74, 6) is 0. The van der Waals surface area contributed by atoms with Crippen LogP contribution in [0.2, 0.25) is 0 Å². The van der Waals surface area contributed by atoms with Crippen LogP contribution in [0.4, 0.5) is 13.2 Å². The number of aryl methyl sites for hydroxylation is 1. The molecule has 10 nitrogen and oxygen atoms in total. The molecule has 0 spiro atoms. The van der Waals surface area contributed by atoms with E-state index in [1.165, 1.54) is 33.9 Å². The second kappa shape index (κ2) is 8.81. The van der Waals surface area contributed by atoms with Gasteiger partial charge in [-0.15, -0.1) is 0 Å². The summed E-state index contributed by atoms with van der Waals surface area (Å²) in [6.07, 6.45) is 0.763. The summed E-state index contributed by atoms with van der Waals surface area (Å²) >= 11 is 0. The number of alkyl halides is 3. The minimum Gasteiger partial charge on any atom is -0.759 e. The molecule has 0 saturated heterocycles. The molecule has 3 rings (SSSR count). The number of imidazole rings is 1. The summed E-state index contributed by atoms with van der Waals surface area (Å²) in [6.45, 7) is 2.17. The number of hydrogen-bond acceptors (Lipinski definition) is 7. The lowest BCUT2D eigenvalue weighted by Crippen LogP contribution is -2.36. The molecule has 0 bridgehead atoms. The van der Waals surface area contributed by atoms with Gasteiger partial charge in [0.2, 0.25) is 0 Å². The molecule has 0 unspecified atom stereocenters. The Bertz CT molecular complexity index is 1240. The molecule has 0 aliphatic heterocycles. The predicted molar refractivity (Wildman–Crippen MR) is 96.3 cm³/mol. The Morgan fingerprint density at radius 3 is 2.33 bits per heavy atom. The smallest absolute Gasteiger partial charge is 0.418 e. The van der Waals surface area contributed by atoms with Crippen LogP contribution in [0.5, 0.6) is 0 Å². The van der Waals surface area contributed by atoms with Crippen molar-refractivity contribution < 1.29 is 30.7 Å². The normalized spacial score (nSPS) is 11.9. The van der Waals surface area contributed by atoms with Gasteiger partial charge in [-0.2, -0.15) is 13.2 Å². The molecule has 0 aliphatic rings. The van der Waals surface area contributed by atoms with Gasteiger partial charge in [0.15, 0.2) is 0 Å². The first-order valence-electron chi connectivity index (χ1n) is 8.36. The summed E-state index contributed by atoms with van der Waals surface area (Å²) in [5.41, 5.74) is -2.58. The third-order valence-corrected chi connectivity index (χ3v) is 3.92. The van der Waals surface area contributed by atoms with E-state index in [0.29, 0.717) is 6.42 Å². The first-order valence-corrected chi connectivity index (χ1v) is 9.69. The fraction of sp³-hybridized carbons (Fsp3) is 0.312. The van der Waals surface area contributed by atoms with Crippen LogP contribution in [0.25, 0.3) is 16.7 Å². The van der Waals surface area contributed by atoms with Gasteiger partial charge in [0.25, 0.3) is 0 Å². The first kappa shape index (κ1) is 23.3. The Hall–Kier alpha value is -2.97. The van der Waals surface area contributed by atoms with E-state index in [9.17, 15) is 22.8 Å². The monoisotopic (exact) mass is 448 g/mol. The molecule has 14 heteroatoms. The Kier molecular flexibility index (Phi) is 6.84. The fourth-order valence-electron chi connectivity index (χ4n) is 2.69. The Balaban J connectivity index is 0.000000575. The molecule has 2 aromatic heterocycles. The summed E-state index contributed by atoms with van der Waals surface area (Å²) in [4.78, 5) is 30.0. The summed E-state index contributed by atoms with van der Waals surface area (Å²) in [5, 5.41) is 0. The lowest BCUT2D eigenvalue weighted by molar-refractivity contribution is -0.137. The number of aromatic nitrogens is 4. The van der Waals surface area contributed by atoms with E-state index in [2.05, 4.69) is 9.97 Å². The molecule has 0 saturated carbocycles. The van der Waals surface area contributed by atoms with Crippen LogP contribution in [0.15, 0.2) is 40.4 Å². The van der Waals surface area contributed by atoms with Crippen molar-refractivity contribution in [2.75, 3.05) is 0 Å². The average molecular weight is 448 g/mol. The molecule has 0 amide bonds. The van der Waals surface area contributed by atoms with E-state index in [-0.39, 0.29) is 23.3 Å². The summed E-state index contributed by atoms with van der Waals surface area (Å²) < 4.78 is 76.9. The highest BCUT2D eigenvalue weighted by molar-refractivity contribution is 7.79. The minimum absolute atomic E-state index is 0.0307.